The summed E-state index contributed by atoms with van der Waals surface area (Å²) in [5, 5.41) is 0.735. The van der Waals surface area contributed by atoms with Crippen LogP contribution in [0.15, 0.2) is 24.3 Å². The van der Waals surface area contributed by atoms with E-state index in [1.165, 1.54) is 0 Å². The quantitative estimate of drug-likeness (QED) is 0.795. The second kappa shape index (κ2) is 5.77. The maximum Gasteiger partial charge on any atom is 0.285 e. The third kappa shape index (κ3) is 2.63. The van der Waals surface area contributed by atoms with Crippen LogP contribution >= 0.6 is 0 Å². The van der Waals surface area contributed by atoms with Gasteiger partial charge in [0.15, 0.2) is 6.10 Å². The van der Waals surface area contributed by atoms with Crippen LogP contribution in [0, 0.1) is 5.92 Å². The minimum Gasteiger partial charge on any atom is -0.337 e. The van der Waals surface area contributed by atoms with Crippen LogP contribution in [0.3, 0.4) is 0 Å². The van der Waals surface area contributed by atoms with Crippen molar-refractivity contribution in [3.8, 4) is 0 Å². The van der Waals surface area contributed by atoms with Gasteiger partial charge in [-0.25, -0.2) is 4.84 Å². The van der Waals surface area contributed by atoms with Gasteiger partial charge in [0.1, 0.15) is 0 Å². The molecule has 0 aromatic heterocycles. The van der Waals surface area contributed by atoms with Gasteiger partial charge in [-0.3, -0.25) is 14.4 Å². The predicted octanol–water partition coefficient (Wildman–Crippen LogP) is 1.86. The Bertz CT molecular complexity index is 635. The van der Waals surface area contributed by atoms with E-state index in [9.17, 15) is 14.4 Å². The van der Waals surface area contributed by atoms with Crippen LogP contribution in [-0.4, -0.2) is 46.4 Å². The van der Waals surface area contributed by atoms with E-state index < -0.39 is 17.9 Å². The molecule has 122 valence electrons. The molecular weight excluding hydrogens is 296 g/mol. The van der Waals surface area contributed by atoms with Crippen LogP contribution in [0.1, 0.15) is 47.9 Å². The molecule has 23 heavy (non-hydrogen) atoms. The molecule has 3 rings (SSSR count). The summed E-state index contributed by atoms with van der Waals surface area (Å²) in [5.41, 5.74) is 0.630. The zero-order chi connectivity index (χ0) is 16.7. The number of hydrogen-bond donors (Lipinski definition) is 0. The average molecular weight is 316 g/mol. The molecule has 0 radical (unpaired) electrons. The van der Waals surface area contributed by atoms with Crippen molar-refractivity contribution in [3.63, 3.8) is 0 Å². The minimum absolute atomic E-state index is 0.0325. The zero-order valence-corrected chi connectivity index (χ0v) is 13.5. The number of benzene rings is 1. The van der Waals surface area contributed by atoms with Crippen LogP contribution in [0.2, 0.25) is 0 Å². The van der Waals surface area contributed by atoms with E-state index in [1.54, 1.807) is 29.2 Å². The fourth-order valence-electron chi connectivity index (χ4n) is 3.08. The number of rotatable bonds is 4. The van der Waals surface area contributed by atoms with Gasteiger partial charge in [0.25, 0.3) is 17.7 Å². The Balaban J connectivity index is 1.75. The van der Waals surface area contributed by atoms with Gasteiger partial charge in [-0.1, -0.05) is 26.0 Å². The molecule has 1 aromatic carbocycles. The summed E-state index contributed by atoms with van der Waals surface area (Å²) in [5.74, 6) is -0.830. The molecule has 1 fully saturated rings. The Hall–Kier alpha value is -2.21. The lowest BCUT2D eigenvalue weighted by atomic mass is 10.1. The summed E-state index contributed by atoms with van der Waals surface area (Å²) < 4.78 is 0. The topological polar surface area (TPSA) is 66.9 Å². The van der Waals surface area contributed by atoms with Crippen LogP contribution in [0.25, 0.3) is 0 Å². The van der Waals surface area contributed by atoms with E-state index in [1.807, 2.05) is 20.8 Å². The van der Waals surface area contributed by atoms with E-state index in [0.717, 1.165) is 5.06 Å². The lowest BCUT2D eigenvalue weighted by Gasteiger charge is -2.23. The van der Waals surface area contributed by atoms with E-state index in [-0.39, 0.29) is 11.9 Å². The van der Waals surface area contributed by atoms with Gasteiger partial charge in [-0.05, 0) is 25.0 Å². The molecule has 3 amide bonds. The van der Waals surface area contributed by atoms with Gasteiger partial charge in [-0.2, -0.15) is 0 Å². The van der Waals surface area contributed by atoms with E-state index in [4.69, 9.17) is 4.84 Å². The highest BCUT2D eigenvalue weighted by atomic mass is 16.7. The van der Waals surface area contributed by atoms with Gasteiger partial charge in [-0.15, -0.1) is 5.06 Å². The molecule has 6 heteroatoms. The molecule has 0 N–H and O–H groups in total. The van der Waals surface area contributed by atoms with Gasteiger partial charge < -0.3 is 4.90 Å². The molecule has 2 aliphatic heterocycles. The van der Waals surface area contributed by atoms with Crippen molar-refractivity contribution in [1.29, 1.82) is 0 Å². The molecule has 0 bridgehead atoms. The average Bonchev–Trinajstić information content (AvgIpc) is 2.91. The number of imide groups is 1. The number of likely N-dealkylation sites (tertiary alicyclic amines) is 1. The molecule has 1 unspecified atom stereocenters. The second-order valence-electron chi connectivity index (χ2n) is 6.51. The number of fused-ring (bicyclic) bond motifs is 1. The minimum atomic E-state index is -0.786. The SMILES string of the molecule is CC(C)CN1C(=O)[C@H](ON2C(=O)c3ccccc3C2=O)CC1C. The van der Waals surface area contributed by atoms with Crippen molar-refractivity contribution in [2.24, 2.45) is 5.92 Å². The molecule has 0 spiro atoms. The molecular formula is C17H20N2O4. The summed E-state index contributed by atoms with van der Waals surface area (Å²) in [6, 6.07) is 6.60. The third-order valence-electron chi connectivity index (χ3n) is 4.20. The van der Waals surface area contributed by atoms with Crippen LogP contribution < -0.4 is 0 Å². The number of carbonyl (C=O) groups excluding carboxylic acids is 3. The highest BCUT2D eigenvalue weighted by molar-refractivity contribution is 6.20. The first-order valence-electron chi connectivity index (χ1n) is 7.85. The molecule has 1 aromatic rings. The number of carbonyl (C=O) groups is 3. The smallest absolute Gasteiger partial charge is 0.285 e. The van der Waals surface area contributed by atoms with E-state index in [2.05, 4.69) is 0 Å². The lowest BCUT2D eigenvalue weighted by molar-refractivity contribution is -0.160. The number of nitrogens with zero attached hydrogens (tertiary/aromatic N) is 2. The standard InChI is InChI=1S/C17H20N2O4/c1-10(2)9-18-11(3)8-14(17(18)22)23-19-15(20)12-6-4-5-7-13(12)16(19)21/h4-7,10-11,14H,8-9H2,1-3H3/t11?,14-/m1/s1. The summed E-state index contributed by atoms with van der Waals surface area (Å²) in [4.78, 5) is 44.3. The van der Waals surface area contributed by atoms with Crippen molar-refractivity contribution in [2.45, 2.75) is 39.3 Å². The molecule has 1 saturated heterocycles. The molecule has 6 nitrogen and oxygen atoms in total. The summed E-state index contributed by atoms with van der Waals surface area (Å²) in [6.07, 6.45) is -0.315. The third-order valence-corrected chi connectivity index (χ3v) is 4.20. The maximum absolute atomic E-state index is 12.5. The zero-order valence-electron chi connectivity index (χ0n) is 13.5. The molecule has 2 aliphatic rings. The molecule has 2 atom stereocenters. The Morgan fingerprint density at radius 2 is 1.70 bits per heavy atom. The molecule has 2 heterocycles. The summed E-state index contributed by atoms with van der Waals surface area (Å²) in [7, 11) is 0. The van der Waals surface area contributed by atoms with Gasteiger partial charge in [0.05, 0.1) is 11.1 Å². The van der Waals surface area contributed by atoms with E-state index >= 15 is 0 Å². The Labute approximate surface area is 135 Å². The number of amides is 3. The first kappa shape index (κ1) is 15.7. The maximum atomic E-state index is 12.5. The van der Waals surface area contributed by atoms with Crippen LogP contribution in [0.4, 0.5) is 0 Å². The number of hydroxylamine groups is 2. The van der Waals surface area contributed by atoms with E-state index in [0.29, 0.717) is 30.0 Å². The Kier molecular flexibility index (Phi) is 3.93. The van der Waals surface area contributed by atoms with Crippen molar-refractivity contribution in [3.05, 3.63) is 35.4 Å². The fourth-order valence-corrected chi connectivity index (χ4v) is 3.08. The monoisotopic (exact) mass is 316 g/mol. The van der Waals surface area contributed by atoms with Gasteiger partial charge in [0, 0.05) is 19.0 Å². The van der Waals surface area contributed by atoms with Crippen LogP contribution in [0.5, 0.6) is 0 Å². The summed E-state index contributed by atoms with van der Waals surface area (Å²) >= 11 is 0. The predicted molar refractivity (Wildman–Crippen MR) is 82.4 cm³/mol. The first-order valence-corrected chi connectivity index (χ1v) is 7.85. The largest absolute Gasteiger partial charge is 0.337 e. The van der Waals surface area contributed by atoms with Crippen molar-refractivity contribution < 1.29 is 19.2 Å². The van der Waals surface area contributed by atoms with Crippen LogP contribution in [-0.2, 0) is 9.63 Å². The normalized spacial score (nSPS) is 24.1. The Morgan fingerprint density at radius 1 is 1.13 bits per heavy atom. The summed E-state index contributed by atoms with van der Waals surface area (Å²) in [6.45, 7) is 6.67. The second-order valence-corrected chi connectivity index (χ2v) is 6.51. The van der Waals surface area contributed by atoms with Crippen molar-refractivity contribution >= 4 is 17.7 Å². The first-order chi connectivity index (χ1) is 10.9. The van der Waals surface area contributed by atoms with Crippen molar-refractivity contribution in [2.75, 3.05) is 6.54 Å². The Morgan fingerprint density at radius 3 is 2.22 bits per heavy atom. The molecule has 0 saturated carbocycles. The van der Waals surface area contributed by atoms with Crippen molar-refractivity contribution in [1.82, 2.24) is 9.96 Å². The van der Waals surface area contributed by atoms with Gasteiger partial charge >= 0.3 is 0 Å². The highest BCUT2D eigenvalue weighted by Crippen LogP contribution is 2.28. The fraction of sp³-hybridized carbons (Fsp3) is 0.471. The number of hydrogen-bond acceptors (Lipinski definition) is 4. The van der Waals surface area contributed by atoms with Gasteiger partial charge in [0.2, 0.25) is 0 Å². The highest BCUT2D eigenvalue weighted by Gasteiger charge is 2.44. The lowest BCUT2D eigenvalue weighted by Crippen LogP contribution is -2.40. The molecule has 0 aliphatic carbocycles.